The van der Waals surface area contributed by atoms with Crippen molar-refractivity contribution in [2.24, 2.45) is 5.92 Å². The molecule has 0 aliphatic carbocycles. The van der Waals surface area contributed by atoms with Gasteiger partial charge in [-0.25, -0.2) is 0 Å². The molecule has 0 aromatic heterocycles. The molecule has 1 heterocycles. The molecule has 13 heavy (non-hydrogen) atoms. The van der Waals surface area contributed by atoms with Crippen LogP contribution in [0.15, 0.2) is 0 Å². The molecule has 0 aromatic carbocycles. The molecule has 1 amide bonds. The van der Waals surface area contributed by atoms with Gasteiger partial charge < -0.3 is 33.8 Å². The maximum atomic E-state index is 11.3. The van der Waals surface area contributed by atoms with Gasteiger partial charge in [0.05, 0.1) is 27.2 Å². The first-order chi connectivity index (χ1) is 5.55. The van der Waals surface area contributed by atoms with Crippen molar-refractivity contribution in [1.82, 2.24) is 5.32 Å². The Kier molecular flexibility index (Phi) is 5.21. The van der Waals surface area contributed by atoms with Crippen LogP contribution in [0.5, 0.6) is 0 Å². The van der Waals surface area contributed by atoms with Crippen LogP contribution in [-0.2, 0) is 4.79 Å². The first-order valence-electron chi connectivity index (χ1n) is 4.59. The van der Waals surface area contributed by atoms with Gasteiger partial charge in [0.25, 0.3) is 0 Å². The Morgan fingerprint density at radius 1 is 1.31 bits per heavy atom. The highest BCUT2D eigenvalue weighted by molar-refractivity contribution is 5.78. The molecule has 1 N–H and O–H groups in total. The SMILES string of the molecule is CNC(=O)C1CC[N+](C)(C)CC1.[I-]. The lowest BCUT2D eigenvalue weighted by atomic mass is 9.95. The Morgan fingerprint density at radius 2 is 1.77 bits per heavy atom. The maximum absolute atomic E-state index is 11.3. The van der Waals surface area contributed by atoms with Gasteiger partial charge in [0, 0.05) is 25.8 Å². The molecule has 0 radical (unpaired) electrons. The summed E-state index contributed by atoms with van der Waals surface area (Å²) in [6, 6.07) is 0. The molecular weight excluding hydrogens is 279 g/mol. The summed E-state index contributed by atoms with van der Waals surface area (Å²) in [7, 11) is 6.16. The molecular formula is C9H19IN2O. The Morgan fingerprint density at radius 3 is 2.15 bits per heavy atom. The Bertz CT molecular complexity index is 172. The largest absolute Gasteiger partial charge is 1.00 e. The Balaban J connectivity index is 0.00000144. The third-order valence-electron chi connectivity index (χ3n) is 2.78. The molecule has 0 bridgehead atoms. The molecule has 3 nitrogen and oxygen atoms in total. The van der Waals surface area contributed by atoms with Crippen LogP contribution in [0, 0.1) is 5.92 Å². The van der Waals surface area contributed by atoms with Crippen molar-refractivity contribution in [3.05, 3.63) is 0 Å². The molecule has 0 saturated carbocycles. The Labute approximate surface area is 97.5 Å². The number of hydrogen-bond acceptors (Lipinski definition) is 1. The van der Waals surface area contributed by atoms with Gasteiger partial charge in [-0.3, -0.25) is 4.79 Å². The molecule has 78 valence electrons. The van der Waals surface area contributed by atoms with Gasteiger partial charge in [-0.1, -0.05) is 0 Å². The number of nitrogens with zero attached hydrogens (tertiary/aromatic N) is 1. The van der Waals surface area contributed by atoms with Crippen molar-refractivity contribution in [2.45, 2.75) is 12.8 Å². The lowest BCUT2D eigenvalue weighted by molar-refractivity contribution is -0.895. The number of nitrogens with one attached hydrogen (secondary N) is 1. The number of carbonyl (C=O) groups excluding carboxylic acids is 1. The number of hydrogen-bond donors (Lipinski definition) is 1. The molecule has 1 aliphatic rings. The monoisotopic (exact) mass is 298 g/mol. The van der Waals surface area contributed by atoms with E-state index < -0.39 is 0 Å². The number of carbonyl (C=O) groups is 1. The van der Waals surface area contributed by atoms with E-state index in [2.05, 4.69) is 19.4 Å². The normalized spacial score (nSPS) is 21.8. The van der Waals surface area contributed by atoms with E-state index >= 15 is 0 Å². The second-order valence-corrected chi connectivity index (χ2v) is 4.27. The average Bonchev–Trinajstić information content (AvgIpc) is 2.03. The topological polar surface area (TPSA) is 29.1 Å². The number of piperidine rings is 1. The molecule has 1 saturated heterocycles. The summed E-state index contributed by atoms with van der Waals surface area (Å²) in [6.45, 7) is 2.25. The van der Waals surface area contributed by atoms with E-state index in [0.717, 1.165) is 30.4 Å². The van der Waals surface area contributed by atoms with Crippen molar-refractivity contribution in [3.63, 3.8) is 0 Å². The van der Waals surface area contributed by atoms with Crippen molar-refractivity contribution in [2.75, 3.05) is 34.2 Å². The third-order valence-corrected chi connectivity index (χ3v) is 2.78. The van der Waals surface area contributed by atoms with E-state index in [9.17, 15) is 4.79 Å². The number of rotatable bonds is 1. The fourth-order valence-corrected chi connectivity index (χ4v) is 1.73. The van der Waals surface area contributed by atoms with Gasteiger partial charge in [-0.2, -0.15) is 0 Å². The minimum atomic E-state index is 0. The van der Waals surface area contributed by atoms with Crippen molar-refractivity contribution >= 4 is 5.91 Å². The fourth-order valence-electron chi connectivity index (χ4n) is 1.73. The zero-order valence-electron chi connectivity index (χ0n) is 8.64. The smallest absolute Gasteiger partial charge is 0.223 e. The molecule has 1 aliphatic heterocycles. The van der Waals surface area contributed by atoms with Crippen LogP contribution < -0.4 is 29.3 Å². The summed E-state index contributed by atoms with van der Waals surface area (Å²) in [5.41, 5.74) is 0. The highest BCUT2D eigenvalue weighted by Crippen LogP contribution is 2.19. The lowest BCUT2D eigenvalue weighted by Gasteiger charge is -2.36. The van der Waals surface area contributed by atoms with E-state index in [4.69, 9.17) is 0 Å². The molecule has 1 fully saturated rings. The van der Waals surface area contributed by atoms with E-state index in [-0.39, 0.29) is 35.8 Å². The molecule has 0 spiro atoms. The molecule has 0 atom stereocenters. The summed E-state index contributed by atoms with van der Waals surface area (Å²) in [4.78, 5) is 11.3. The second kappa shape index (κ2) is 5.14. The van der Waals surface area contributed by atoms with E-state index in [0.29, 0.717) is 0 Å². The minimum absolute atomic E-state index is 0. The van der Waals surface area contributed by atoms with Crippen LogP contribution >= 0.6 is 0 Å². The van der Waals surface area contributed by atoms with Gasteiger partial charge in [0.2, 0.25) is 5.91 Å². The van der Waals surface area contributed by atoms with Gasteiger partial charge in [-0.15, -0.1) is 0 Å². The predicted molar refractivity (Wildman–Crippen MR) is 48.6 cm³/mol. The number of quaternary nitrogens is 1. The molecule has 1 rings (SSSR count). The van der Waals surface area contributed by atoms with Crippen molar-refractivity contribution in [1.29, 1.82) is 0 Å². The van der Waals surface area contributed by atoms with Gasteiger partial charge in [0.15, 0.2) is 0 Å². The van der Waals surface area contributed by atoms with Crippen LogP contribution in [0.3, 0.4) is 0 Å². The average molecular weight is 298 g/mol. The zero-order valence-corrected chi connectivity index (χ0v) is 10.8. The third kappa shape index (κ3) is 3.81. The summed E-state index contributed by atoms with van der Waals surface area (Å²) >= 11 is 0. The molecule has 0 unspecified atom stereocenters. The minimum Gasteiger partial charge on any atom is -1.00 e. The lowest BCUT2D eigenvalue weighted by Crippen LogP contribution is -3.00. The molecule has 4 heteroatoms. The van der Waals surface area contributed by atoms with E-state index in [1.807, 2.05) is 0 Å². The quantitative estimate of drug-likeness (QED) is 0.412. The number of halogens is 1. The van der Waals surface area contributed by atoms with E-state index in [1.165, 1.54) is 0 Å². The second-order valence-electron chi connectivity index (χ2n) is 4.27. The number of likely N-dealkylation sites (tertiary alicyclic amines) is 1. The molecule has 0 aromatic rings. The maximum Gasteiger partial charge on any atom is 0.223 e. The van der Waals surface area contributed by atoms with Crippen LogP contribution in [0.2, 0.25) is 0 Å². The fraction of sp³-hybridized carbons (Fsp3) is 0.889. The number of amides is 1. The zero-order chi connectivity index (χ0) is 9.19. The summed E-state index contributed by atoms with van der Waals surface area (Å²) in [5, 5.41) is 2.72. The van der Waals surface area contributed by atoms with Crippen molar-refractivity contribution < 1.29 is 33.3 Å². The van der Waals surface area contributed by atoms with Gasteiger partial charge in [0.1, 0.15) is 0 Å². The summed E-state index contributed by atoms with van der Waals surface area (Å²) < 4.78 is 1.06. The van der Waals surface area contributed by atoms with Gasteiger partial charge in [-0.05, 0) is 0 Å². The van der Waals surface area contributed by atoms with Crippen molar-refractivity contribution in [3.8, 4) is 0 Å². The highest BCUT2D eigenvalue weighted by atomic mass is 127. The van der Waals surface area contributed by atoms with Crippen LogP contribution in [0.4, 0.5) is 0 Å². The van der Waals surface area contributed by atoms with Crippen LogP contribution in [0.1, 0.15) is 12.8 Å². The Hall–Kier alpha value is 0.160. The van der Waals surface area contributed by atoms with E-state index in [1.54, 1.807) is 7.05 Å². The summed E-state index contributed by atoms with van der Waals surface area (Å²) in [6.07, 6.45) is 2.07. The van der Waals surface area contributed by atoms with Gasteiger partial charge >= 0.3 is 0 Å². The first kappa shape index (κ1) is 13.2. The predicted octanol–water partition coefficient (Wildman–Crippen LogP) is -2.78. The summed E-state index contributed by atoms with van der Waals surface area (Å²) in [5.74, 6) is 0.482. The van der Waals surface area contributed by atoms with Crippen LogP contribution in [-0.4, -0.2) is 44.6 Å². The highest BCUT2D eigenvalue weighted by Gasteiger charge is 2.29. The standard InChI is InChI=1S/C9H18N2O.HI/c1-10-9(12)8-4-6-11(2,3)7-5-8;/h8H,4-7H2,1-3H3;1H. The van der Waals surface area contributed by atoms with Crippen LogP contribution in [0.25, 0.3) is 0 Å². The first-order valence-corrected chi connectivity index (χ1v) is 4.59.